The van der Waals surface area contributed by atoms with Gasteiger partial charge in [-0.15, -0.1) is 0 Å². The molecule has 6 N–H and O–H groups in total. The molecule has 1 amide bonds. The molecule has 1 aliphatic rings. The zero-order chi connectivity index (χ0) is 18.7. The highest BCUT2D eigenvalue weighted by atomic mass is 19.1. The van der Waals surface area contributed by atoms with Gasteiger partial charge in [-0.2, -0.15) is 0 Å². The van der Waals surface area contributed by atoms with Crippen molar-refractivity contribution in [2.45, 2.75) is 6.10 Å². The summed E-state index contributed by atoms with van der Waals surface area (Å²) in [5.41, 5.74) is 12.1. The highest BCUT2D eigenvalue weighted by molar-refractivity contribution is 5.90. The third-order valence-electron chi connectivity index (χ3n) is 3.87. The minimum absolute atomic E-state index is 0.173. The number of aromatic nitrogens is 1. The van der Waals surface area contributed by atoms with Gasteiger partial charge < -0.3 is 26.6 Å². The molecule has 0 saturated carbocycles. The molecule has 2 heterocycles. The van der Waals surface area contributed by atoms with E-state index in [1.807, 2.05) is 0 Å². The number of nitrogens with two attached hydrogens (primary N) is 2. The highest BCUT2D eigenvalue weighted by Gasteiger charge is 2.32. The summed E-state index contributed by atoms with van der Waals surface area (Å²) in [7, 11) is 0. The van der Waals surface area contributed by atoms with Gasteiger partial charge in [0.05, 0.1) is 18.8 Å². The normalized spacial score (nSPS) is 17.3. The lowest BCUT2D eigenvalue weighted by Gasteiger charge is -2.14. The number of nitrogens with zero attached hydrogens (tertiary/aromatic N) is 2. The number of aliphatic hydroxyl groups is 1. The molecular weight excluding hydrogens is 341 g/mol. The van der Waals surface area contributed by atoms with Crippen LogP contribution < -0.4 is 21.7 Å². The van der Waals surface area contributed by atoms with Crippen LogP contribution in [0.25, 0.3) is 11.1 Å². The van der Waals surface area contributed by atoms with E-state index in [9.17, 15) is 9.18 Å². The number of ether oxygens (including phenoxy) is 1. The predicted octanol–water partition coefficient (Wildman–Crippen LogP) is 1.33. The molecule has 1 unspecified atom stereocenters. The molecule has 2 aromatic rings. The van der Waals surface area contributed by atoms with Gasteiger partial charge in [0, 0.05) is 23.5 Å². The number of cyclic esters (lactones) is 1. The standard InChI is InChI=1S/C17H18FN5O3/c18-14-5-11(23-8-12(9-24)26-17(23)25)2-3-13(14)10-1-4-16(21-7-10)22-15(20)6-19/h1-7,12,24H,8-9,19-20H2,(H,21,22)/b15-6+. The van der Waals surface area contributed by atoms with Gasteiger partial charge in [0.1, 0.15) is 23.6 Å². The summed E-state index contributed by atoms with van der Waals surface area (Å²) in [5, 5.41) is 11.9. The van der Waals surface area contributed by atoms with Crippen LogP contribution >= 0.6 is 0 Å². The van der Waals surface area contributed by atoms with Gasteiger partial charge in [0.2, 0.25) is 0 Å². The summed E-state index contributed by atoms with van der Waals surface area (Å²) in [4.78, 5) is 17.2. The molecule has 1 aromatic heterocycles. The Kier molecular flexibility index (Phi) is 4.90. The molecular formula is C17H18FN5O3. The van der Waals surface area contributed by atoms with E-state index in [4.69, 9.17) is 21.3 Å². The summed E-state index contributed by atoms with van der Waals surface area (Å²) in [6, 6.07) is 7.74. The molecule has 0 spiro atoms. The molecule has 1 aromatic carbocycles. The molecule has 136 valence electrons. The Bertz CT molecular complexity index is 841. The highest BCUT2D eigenvalue weighted by Crippen LogP contribution is 2.29. The lowest BCUT2D eigenvalue weighted by atomic mass is 10.1. The SMILES string of the molecule is N/C=C(\N)Nc1ccc(-c2ccc(N3CC(CO)OC3=O)cc2F)cn1. The third-order valence-corrected chi connectivity index (χ3v) is 3.87. The van der Waals surface area contributed by atoms with Gasteiger partial charge >= 0.3 is 6.09 Å². The van der Waals surface area contributed by atoms with E-state index in [-0.39, 0.29) is 19.0 Å². The zero-order valence-electron chi connectivity index (χ0n) is 13.7. The summed E-state index contributed by atoms with van der Waals surface area (Å²) in [5.74, 6) is 0.214. The monoisotopic (exact) mass is 359 g/mol. The molecule has 8 nitrogen and oxygen atoms in total. The first-order valence-corrected chi connectivity index (χ1v) is 7.81. The Hall–Kier alpha value is -3.33. The maximum absolute atomic E-state index is 14.5. The quantitative estimate of drug-likeness (QED) is 0.634. The number of carbonyl (C=O) groups excluding carboxylic acids is 1. The van der Waals surface area contributed by atoms with Crippen LogP contribution in [0.2, 0.25) is 0 Å². The molecule has 1 atom stereocenters. The first kappa shape index (κ1) is 17.5. The van der Waals surface area contributed by atoms with Crippen molar-refractivity contribution in [2.24, 2.45) is 11.5 Å². The largest absolute Gasteiger partial charge is 0.441 e. The number of pyridine rings is 1. The molecule has 1 saturated heterocycles. The number of halogens is 1. The minimum Gasteiger partial charge on any atom is -0.441 e. The lowest BCUT2D eigenvalue weighted by molar-refractivity contribution is 0.0963. The number of benzene rings is 1. The molecule has 0 radical (unpaired) electrons. The number of carbonyl (C=O) groups is 1. The summed E-state index contributed by atoms with van der Waals surface area (Å²) in [6.45, 7) is -0.106. The fraction of sp³-hybridized carbons (Fsp3) is 0.176. The first-order chi connectivity index (χ1) is 12.5. The summed E-state index contributed by atoms with van der Waals surface area (Å²) in [6.07, 6.45) is 1.48. The summed E-state index contributed by atoms with van der Waals surface area (Å²) >= 11 is 0. The number of aliphatic hydroxyl groups excluding tert-OH is 1. The van der Waals surface area contributed by atoms with Crippen LogP contribution in [0.3, 0.4) is 0 Å². The van der Waals surface area contributed by atoms with Crippen molar-refractivity contribution in [2.75, 3.05) is 23.4 Å². The van der Waals surface area contributed by atoms with Crippen molar-refractivity contribution in [3.05, 3.63) is 54.4 Å². The van der Waals surface area contributed by atoms with Crippen LogP contribution in [0.15, 0.2) is 48.5 Å². The van der Waals surface area contributed by atoms with Crippen molar-refractivity contribution < 1.29 is 19.0 Å². The van der Waals surface area contributed by atoms with Crippen molar-refractivity contribution in [1.82, 2.24) is 4.98 Å². The van der Waals surface area contributed by atoms with E-state index >= 15 is 0 Å². The van der Waals surface area contributed by atoms with Crippen LogP contribution in [0.5, 0.6) is 0 Å². The van der Waals surface area contributed by atoms with Crippen LogP contribution in [0, 0.1) is 5.82 Å². The van der Waals surface area contributed by atoms with Crippen molar-refractivity contribution in [1.29, 1.82) is 0 Å². The second-order valence-electron chi connectivity index (χ2n) is 5.64. The van der Waals surface area contributed by atoms with E-state index < -0.39 is 18.0 Å². The van der Waals surface area contributed by atoms with Crippen molar-refractivity contribution in [3.8, 4) is 11.1 Å². The zero-order valence-corrected chi connectivity index (χ0v) is 13.7. The van der Waals surface area contributed by atoms with E-state index in [0.29, 0.717) is 22.6 Å². The molecule has 0 bridgehead atoms. The topological polar surface area (TPSA) is 127 Å². The van der Waals surface area contributed by atoms with Crippen molar-refractivity contribution >= 4 is 17.6 Å². The molecule has 1 aliphatic heterocycles. The number of hydrogen-bond acceptors (Lipinski definition) is 7. The fourth-order valence-corrected chi connectivity index (χ4v) is 2.55. The molecule has 26 heavy (non-hydrogen) atoms. The second-order valence-corrected chi connectivity index (χ2v) is 5.64. The van der Waals surface area contributed by atoms with Gasteiger partial charge in [0.15, 0.2) is 0 Å². The molecule has 9 heteroatoms. The maximum Gasteiger partial charge on any atom is 0.414 e. The van der Waals surface area contributed by atoms with Crippen molar-refractivity contribution in [3.63, 3.8) is 0 Å². The van der Waals surface area contributed by atoms with E-state index in [2.05, 4.69) is 10.3 Å². The Morgan fingerprint density at radius 3 is 2.85 bits per heavy atom. The van der Waals surface area contributed by atoms with Gasteiger partial charge in [-0.05, 0) is 30.3 Å². The lowest BCUT2D eigenvalue weighted by Crippen LogP contribution is -2.25. The van der Waals surface area contributed by atoms with E-state index in [0.717, 1.165) is 0 Å². The van der Waals surface area contributed by atoms with Gasteiger partial charge in [-0.25, -0.2) is 14.2 Å². The predicted molar refractivity (Wildman–Crippen MR) is 94.4 cm³/mol. The van der Waals surface area contributed by atoms with Gasteiger partial charge in [0.25, 0.3) is 0 Å². The fourth-order valence-electron chi connectivity index (χ4n) is 2.55. The molecule has 0 aliphatic carbocycles. The Balaban J connectivity index is 1.81. The Morgan fingerprint density at radius 2 is 2.27 bits per heavy atom. The smallest absolute Gasteiger partial charge is 0.414 e. The Labute approximate surface area is 148 Å². The van der Waals surface area contributed by atoms with E-state index in [1.165, 1.54) is 23.4 Å². The third kappa shape index (κ3) is 3.52. The second kappa shape index (κ2) is 7.28. The number of anilines is 2. The van der Waals surface area contributed by atoms with E-state index in [1.54, 1.807) is 24.3 Å². The van der Waals surface area contributed by atoms with Gasteiger partial charge in [-0.3, -0.25) is 4.90 Å². The number of amides is 1. The molecule has 3 rings (SSSR count). The number of hydrogen-bond donors (Lipinski definition) is 4. The molecule has 1 fully saturated rings. The van der Waals surface area contributed by atoms with Gasteiger partial charge in [-0.1, -0.05) is 0 Å². The summed E-state index contributed by atoms with van der Waals surface area (Å²) < 4.78 is 19.5. The van der Waals surface area contributed by atoms with Crippen LogP contribution in [-0.2, 0) is 4.74 Å². The number of nitrogens with one attached hydrogen (secondary N) is 1. The average molecular weight is 359 g/mol. The maximum atomic E-state index is 14.5. The van der Waals surface area contributed by atoms with Crippen LogP contribution in [0.1, 0.15) is 0 Å². The Morgan fingerprint density at radius 1 is 1.46 bits per heavy atom. The van der Waals surface area contributed by atoms with Crippen LogP contribution in [0.4, 0.5) is 20.7 Å². The van der Waals surface area contributed by atoms with Crippen LogP contribution in [-0.4, -0.2) is 35.4 Å². The first-order valence-electron chi connectivity index (χ1n) is 7.81. The number of rotatable bonds is 5. The average Bonchev–Trinajstić information content (AvgIpc) is 3.03. The minimum atomic E-state index is -0.612.